The lowest BCUT2D eigenvalue weighted by Crippen LogP contribution is -1.96. The van der Waals surface area contributed by atoms with E-state index in [4.69, 9.17) is 39.5 Å². The van der Waals surface area contributed by atoms with Gasteiger partial charge in [0, 0.05) is 11.1 Å². The quantitative estimate of drug-likeness (QED) is 0.622. The van der Waals surface area contributed by atoms with Gasteiger partial charge in [-0.15, -0.1) is 0 Å². The summed E-state index contributed by atoms with van der Waals surface area (Å²) in [4.78, 5) is 0. The molecule has 2 aromatic rings. The van der Waals surface area contributed by atoms with Crippen LogP contribution in [0.3, 0.4) is 0 Å². The number of nitrogens with two attached hydrogens (primary N) is 1. The van der Waals surface area contributed by atoms with Crippen molar-refractivity contribution in [2.45, 2.75) is 12.8 Å². The summed E-state index contributed by atoms with van der Waals surface area (Å²) in [6.45, 7) is 0.642. The highest BCUT2D eigenvalue weighted by atomic mass is 35.5. The van der Waals surface area contributed by atoms with Crippen molar-refractivity contribution in [2.24, 2.45) is 5.73 Å². The predicted octanol–water partition coefficient (Wildman–Crippen LogP) is 6.09. The zero-order valence-corrected chi connectivity index (χ0v) is 15.2. The third-order valence-electron chi connectivity index (χ3n) is 2.86. The van der Waals surface area contributed by atoms with Crippen LogP contribution in [0.1, 0.15) is 18.4 Å². The van der Waals surface area contributed by atoms with Gasteiger partial charge in [0.15, 0.2) is 0 Å². The molecule has 0 heterocycles. The molecule has 0 saturated carbocycles. The van der Waals surface area contributed by atoms with Crippen LogP contribution < -0.4 is 10.5 Å². The second kappa shape index (κ2) is 11.4. The first-order chi connectivity index (χ1) is 11.1. The van der Waals surface area contributed by atoms with E-state index in [0.29, 0.717) is 16.7 Å². The van der Waals surface area contributed by atoms with Crippen LogP contribution in [0.4, 0.5) is 0 Å². The number of allylic oxidation sites excluding steroid dienone is 1. The van der Waals surface area contributed by atoms with Gasteiger partial charge in [-0.3, -0.25) is 0 Å². The highest BCUT2D eigenvalue weighted by Gasteiger charge is 1.99. The Morgan fingerprint density at radius 3 is 2.30 bits per heavy atom. The van der Waals surface area contributed by atoms with Gasteiger partial charge in [0.05, 0.1) is 16.7 Å². The first-order valence-electron chi connectivity index (χ1n) is 7.23. The van der Waals surface area contributed by atoms with Crippen molar-refractivity contribution < 1.29 is 4.74 Å². The molecule has 0 spiro atoms. The summed E-state index contributed by atoms with van der Waals surface area (Å²) in [5, 5.41) is 1.80. The van der Waals surface area contributed by atoms with Crippen LogP contribution in [-0.4, -0.2) is 13.7 Å². The van der Waals surface area contributed by atoms with Gasteiger partial charge >= 0.3 is 0 Å². The van der Waals surface area contributed by atoms with Crippen LogP contribution in [0.2, 0.25) is 15.1 Å². The summed E-state index contributed by atoms with van der Waals surface area (Å²) in [6.07, 6.45) is 6.09. The molecular formula is C18H20Cl3NO. The molecule has 2 nitrogen and oxygen atoms in total. The van der Waals surface area contributed by atoms with Crippen molar-refractivity contribution in [2.75, 3.05) is 13.7 Å². The maximum Gasteiger partial charge on any atom is 0.120 e. The minimum atomic E-state index is 0.511. The van der Waals surface area contributed by atoms with Crippen LogP contribution in [-0.2, 0) is 0 Å². The van der Waals surface area contributed by atoms with E-state index in [-0.39, 0.29) is 0 Å². The molecule has 0 aromatic heterocycles. The fourth-order valence-electron chi connectivity index (χ4n) is 1.75. The molecule has 0 aliphatic heterocycles. The summed E-state index contributed by atoms with van der Waals surface area (Å²) in [5.74, 6) is 0.742. The predicted molar refractivity (Wildman–Crippen MR) is 102 cm³/mol. The van der Waals surface area contributed by atoms with Gasteiger partial charge in [-0.05, 0) is 49.7 Å². The van der Waals surface area contributed by atoms with Crippen LogP contribution in [0, 0.1) is 0 Å². The summed E-state index contributed by atoms with van der Waals surface area (Å²) in [7, 11) is 1.50. The number of halogens is 3. The molecule has 0 radical (unpaired) electrons. The maximum absolute atomic E-state index is 5.92. The standard InChI is InChI=1S/C17H15Cl3O.CH5N/c18-14-7-5-13(6-8-14)4-2-1-3-11-21-15-9-10-16(19)17(20)12-15;1-2/h2,4-10,12H,1,3,11H2;2H2,1H3/b4-2+;. The van der Waals surface area contributed by atoms with Crippen LogP contribution >= 0.6 is 34.8 Å². The van der Waals surface area contributed by atoms with E-state index in [9.17, 15) is 0 Å². The lowest BCUT2D eigenvalue weighted by atomic mass is 10.2. The number of ether oxygens (including phenoxy) is 1. The molecule has 0 atom stereocenters. The fraction of sp³-hybridized carbons (Fsp3) is 0.222. The third-order valence-corrected chi connectivity index (χ3v) is 3.85. The molecule has 0 aliphatic rings. The van der Waals surface area contributed by atoms with Gasteiger partial charge in [0.2, 0.25) is 0 Å². The number of hydrogen-bond donors (Lipinski definition) is 1. The largest absolute Gasteiger partial charge is 0.494 e. The van der Waals surface area contributed by atoms with E-state index in [1.54, 1.807) is 12.1 Å². The topological polar surface area (TPSA) is 35.2 Å². The average Bonchev–Trinajstić information content (AvgIpc) is 2.57. The monoisotopic (exact) mass is 371 g/mol. The Morgan fingerprint density at radius 2 is 1.65 bits per heavy atom. The number of benzene rings is 2. The summed E-state index contributed by atoms with van der Waals surface area (Å²) in [6, 6.07) is 13.0. The van der Waals surface area contributed by atoms with Gasteiger partial charge in [-0.2, -0.15) is 0 Å². The zero-order valence-electron chi connectivity index (χ0n) is 12.9. The Morgan fingerprint density at radius 1 is 0.957 bits per heavy atom. The molecule has 124 valence electrons. The lowest BCUT2D eigenvalue weighted by Gasteiger charge is -2.06. The van der Waals surface area contributed by atoms with Crippen molar-refractivity contribution >= 4 is 40.9 Å². The highest BCUT2D eigenvalue weighted by Crippen LogP contribution is 2.26. The lowest BCUT2D eigenvalue weighted by molar-refractivity contribution is 0.312. The average molecular weight is 373 g/mol. The normalized spacial score (nSPS) is 10.3. The van der Waals surface area contributed by atoms with Crippen LogP contribution in [0.25, 0.3) is 6.08 Å². The smallest absolute Gasteiger partial charge is 0.120 e. The van der Waals surface area contributed by atoms with Crippen molar-refractivity contribution in [3.8, 4) is 5.75 Å². The minimum Gasteiger partial charge on any atom is -0.494 e. The Kier molecular flexibility index (Phi) is 9.81. The van der Waals surface area contributed by atoms with E-state index in [2.05, 4.69) is 17.9 Å². The first-order valence-corrected chi connectivity index (χ1v) is 8.36. The summed E-state index contributed by atoms with van der Waals surface area (Å²) < 4.78 is 5.62. The Balaban J connectivity index is 0.00000127. The SMILES string of the molecule is CN.Clc1ccc(/C=C/CCCOc2ccc(Cl)c(Cl)c2)cc1. The van der Waals surface area contributed by atoms with E-state index in [1.807, 2.05) is 30.3 Å². The van der Waals surface area contributed by atoms with Crippen LogP contribution in [0.5, 0.6) is 5.75 Å². The summed E-state index contributed by atoms with van der Waals surface area (Å²) in [5.41, 5.74) is 5.64. The van der Waals surface area contributed by atoms with Crippen molar-refractivity contribution in [3.05, 3.63) is 69.2 Å². The molecule has 2 N–H and O–H groups in total. The number of rotatable bonds is 6. The molecule has 0 saturated heterocycles. The molecule has 0 aliphatic carbocycles. The van der Waals surface area contributed by atoms with Crippen molar-refractivity contribution in [1.29, 1.82) is 0 Å². The van der Waals surface area contributed by atoms with Crippen LogP contribution in [0.15, 0.2) is 48.5 Å². The van der Waals surface area contributed by atoms with Gasteiger partial charge in [0.25, 0.3) is 0 Å². The van der Waals surface area contributed by atoms with E-state index < -0.39 is 0 Å². The molecular weight excluding hydrogens is 353 g/mol. The zero-order chi connectivity index (χ0) is 17.1. The minimum absolute atomic E-state index is 0.511. The van der Waals surface area contributed by atoms with Gasteiger partial charge in [-0.1, -0.05) is 59.1 Å². The molecule has 0 amide bonds. The Labute approximate surface area is 152 Å². The van der Waals surface area contributed by atoms with Gasteiger partial charge in [-0.25, -0.2) is 0 Å². The second-order valence-corrected chi connectivity index (χ2v) is 5.77. The first kappa shape index (κ1) is 19.9. The third kappa shape index (κ3) is 7.76. The molecule has 2 rings (SSSR count). The van der Waals surface area contributed by atoms with E-state index >= 15 is 0 Å². The number of hydrogen-bond acceptors (Lipinski definition) is 2. The molecule has 23 heavy (non-hydrogen) atoms. The Hall–Kier alpha value is -1.19. The molecule has 0 fully saturated rings. The summed E-state index contributed by atoms with van der Waals surface area (Å²) >= 11 is 17.6. The van der Waals surface area contributed by atoms with Crippen molar-refractivity contribution in [3.63, 3.8) is 0 Å². The van der Waals surface area contributed by atoms with Gasteiger partial charge < -0.3 is 10.5 Å². The van der Waals surface area contributed by atoms with E-state index in [0.717, 1.165) is 29.2 Å². The molecule has 2 aromatic carbocycles. The highest BCUT2D eigenvalue weighted by molar-refractivity contribution is 6.42. The fourth-order valence-corrected chi connectivity index (χ4v) is 2.17. The molecule has 5 heteroatoms. The molecule has 0 unspecified atom stereocenters. The van der Waals surface area contributed by atoms with E-state index in [1.165, 1.54) is 7.05 Å². The maximum atomic E-state index is 5.92. The van der Waals surface area contributed by atoms with Gasteiger partial charge in [0.1, 0.15) is 5.75 Å². The number of unbranched alkanes of at least 4 members (excludes halogenated alkanes) is 1. The molecule has 0 bridgehead atoms. The Bertz CT molecular complexity index is 612. The van der Waals surface area contributed by atoms with Crippen molar-refractivity contribution in [1.82, 2.24) is 0 Å². The second-order valence-electron chi connectivity index (χ2n) is 4.52.